The summed E-state index contributed by atoms with van der Waals surface area (Å²) < 4.78 is 5.98. The quantitative estimate of drug-likeness (QED) is 0.271. The van der Waals surface area contributed by atoms with Gasteiger partial charge in [0.15, 0.2) is 0 Å². The molecule has 0 N–H and O–H groups in total. The van der Waals surface area contributed by atoms with Gasteiger partial charge >= 0.3 is 0 Å². The van der Waals surface area contributed by atoms with Gasteiger partial charge in [-0.25, -0.2) is 0 Å². The molecule has 3 heterocycles. The van der Waals surface area contributed by atoms with Gasteiger partial charge < -0.3 is 9.64 Å². The number of anilines is 2. The van der Waals surface area contributed by atoms with E-state index in [2.05, 4.69) is 51.1 Å². The Bertz CT molecular complexity index is 1640. The Morgan fingerprint density at radius 1 is 0.700 bits per heavy atom. The molecule has 0 unspecified atom stereocenters. The van der Waals surface area contributed by atoms with E-state index in [1.165, 1.54) is 17.3 Å². The predicted molar refractivity (Wildman–Crippen MR) is 160 cm³/mol. The molecule has 7 rings (SSSR count). The number of rotatable bonds is 4. The molecule has 5 nitrogen and oxygen atoms in total. The highest BCUT2D eigenvalue weighted by atomic mass is 32.2. The lowest BCUT2D eigenvalue weighted by molar-refractivity contribution is -0.124. The van der Waals surface area contributed by atoms with Crippen LogP contribution in [-0.4, -0.2) is 23.1 Å². The maximum atomic E-state index is 14.7. The molecule has 3 aliphatic rings. The molecule has 4 aromatic carbocycles. The second kappa shape index (κ2) is 8.73. The average molecular weight is 547 g/mol. The van der Waals surface area contributed by atoms with Crippen LogP contribution in [0.4, 0.5) is 11.4 Å². The molecule has 1 fully saturated rings. The molecule has 4 aromatic rings. The van der Waals surface area contributed by atoms with Gasteiger partial charge in [-0.1, -0.05) is 73.7 Å². The molecule has 0 bridgehead atoms. The number of para-hydroxylation sites is 2. The third-order valence-corrected chi connectivity index (χ3v) is 9.94. The standard InChI is InChI=1S/C34H30N2O3S/c1-32(2)22-33(3,23-11-6-4-7-12-23)27-15-10-16-28-30(27)36(32)31(38)34(28)35(29(37)21-40-34)24-17-19-26(20-18-24)39-25-13-8-5-9-14-25/h4-20H,21-22H2,1-3H3/t33-,34-/m0/s1. The van der Waals surface area contributed by atoms with Gasteiger partial charge in [0.1, 0.15) is 11.5 Å². The monoisotopic (exact) mass is 546 g/mol. The van der Waals surface area contributed by atoms with E-state index in [1.807, 2.05) is 77.7 Å². The third-order valence-electron chi connectivity index (χ3n) is 8.56. The number of fused-ring (bicyclic) bond motifs is 1. The second-order valence-corrected chi connectivity index (χ2v) is 12.8. The van der Waals surface area contributed by atoms with Crippen LogP contribution in [-0.2, 0) is 19.9 Å². The first-order valence-electron chi connectivity index (χ1n) is 13.6. The summed E-state index contributed by atoms with van der Waals surface area (Å²) in [6.45, 7) is 6.57. The number of benzene rings is 4. The minimum absolute atomic E-state index is 0.0458. The van der Waals surface area contributed by atoms with Gasteiger partial charge in [-0.05, 0) is 67.8 Å². The van der Waals surface area contributed by atoms with Crippen molar-refractivity contribution in [2.45, 2.75) is 43.0 Å². The van der Waals surface area contributed by atoms with E-state index >= 15 is 0 Å². The number of carbonyl (C=O) groups excluding carboxylic acids is 2. The normalized spacial score (nSPS) is 24.5. The average Bonchev–Trinajstić information content (AvgIpc) is 3.44. The zero-order chi connectivity index (χ0) is 27.7. The van der Waals surface area contributed by atoms with Crippen molar-refractivity contribution in [2.24, 2.45) is 0 Å². The summed E-state index contributed by atoms with van der Waals surface area (Å²) in [5.74, 6) is 1.53. The summed E-state index contributed by atoms with van der Waals surface area (Å²) in [6, 6.07) is 33.8. The summed E-state index contributed by atoms with van der Waals surface area (Å²) in [7, 11) is 0. The molecule has 0 radical (unpaired) electrons. The fourth-order valence-electron chi connectivity index (χ4n) is 6.99. The summed E-state index contributed by atoms with van der Waals surface area (Å²) >= 11 is 1.43. The molecule has 200 valence electrons. The van der Waals surface area contributed by atoms with Crippen LogP contribution in [0.5, 0.6) is 11.5 Å². The Morgan fingerprint density at radius 3 is 2.02 bits per heavy atom. The van der Waals surface area contributed by atoms with Crippen molar-refractivity contribution < 1.29 is 14.3 Å². The maximum Gasteiger partial charge on any atom is 0.269 e. The van der Waals surface area contributed by atoms with Gasteiger partial charge in [-0.3, -0.25) is 14.5 Å². The minimum atomic E-state index is -1.15. The number of thioether (sulfide) groups is 1. The van der Waals surface area contributed by atoms with Gasteiger partial charge in [-0.15, -0.1) is 11.8 Å². The van der Waals surface area contributed by atoms with E-state index in [-0.39, 0.29) is 23.0 Å². The van der Waals surface area contributed by atoms with Crippen molar-refractivity contribution in [3.8, 4) is 11.5 Å². The van der Waals surface area contributed by atoms with Crippen molar-refractivity contribution in [1.82, 2.24) is 0 Å². The summed E-state index contributed by atoms with van der Waals surface area (Å²) in [4.78, 5) is 30.8. The van der Waals surface area contributed by atoms with Crippen molar-refractivity contribution in [1.29, 1.82) is 0 Å². The first kappa shape index (κ1) is 25.0. The Hall–Kier alpha value is -4.03. The topological polar surface area (TPSA) is 49.9 Å². The van der Waals surface area contributed by atoms with E-state index in [0.29, 0.717) is 11.4 Å². The Kier molecular flexibility index (Phi) is 5.45. The molecule has 2 atom stereocenters. The van der Waals surface area contributed by atoms with E-state index in [1.54, 1.807) is 4.90 Å². The summed E-state index contributed by atoms with van der Waals surface area (Å²) in [6.07, 6.45) is 0.770. The number of nitrogens with zero attached hydrogens (tertiary/aromatic N) is 2. The van der Waals surface area contributed by atoms with E-state index in [0.717, 1.165) is 29.0 Å². The molecule has 3 aliphatic heterocycles. The third kappa shape index (κ3) is 3.42. The van der Waals surface area contributed by atoms with Crippen molar-refractivity contribution >= 4 is 35.0 Å². The molecule has 6 heteroatoms. The van der Waals surface area contributed by atoms with E-state index < -0.39 is 10.4 Å². The Balaban J connectivity index is 1.36. The van der Waals surface area contributed by atoms with Crippen LogP contribution >= 0.6 is 11.8 Å². The van der Waals surface area contributed by atoms with Crippen LogP contribution in [0.15, 0.2) is 103 Å². The van der Waals surface area contributed by atoms with Crippen LogP contribution in [0.3, 0.4) is 0 Å². The van der Waals surface area contributed by atoms with Crippen molar-refractivity contribution in [2.75, 3.05) is 15.6 Å². The highest BCUT2D eigenvalue weighted by Crippen LogP contribution is 2.62. The summed E-state index contributed by atoms with van der Waals surface area (Å²) in [5.41, 5.74) is 4.14. The molecule has 1 spiro atoms. The molecule has 0 aliphatic carbocycles. The van der Waals surface area contributed by atoms with Gasteiger partial charge in [0.25, 0.3) is 5.91 Å². The van der Waals surface area contributed by atoms with E-state index in [9.17, 15) is 9.59 Å². The first-order chi connectivity index (χ1) is 19.3. The first-order valence-corrected chi connectivity index (χ1v) is 14.6. The lowest BCUT2D eigenvalue weighted by Crippen LogP contribution is -2.58. The van der Waals surface area contributed by atoms with Crippen LogP contribution in [0, 0.1) is 0 Å². The molecule has 1 saturated heterocycles. The lowest BCUT2D eigenvalue weighted by Gasteiger charge is -2.50. The fourth-order valence-corrected chi connectivity index (χ4v) is 8.32. The van der Waals surface area contributed by atoms with Crippen LogP contribution in [0.1, 0.15) is 43.9 Å². The molecule has 0 saturated carbocycles. The molecular formula is C34H30N2O3S. The zero-order valence-corrected chi connectivity index (χ0v) is 23.6. The number of hydrogen-bond acceptors (Lipinski definition) is 4. The number of hydrogen-bond donors (Lipinski definition) is 0. The van der Waals surface area contributed by atoms with Gasteiger partial charge in [0.2, 0.25) is 10.8 Å². The predicted octanol–water partition coefficient (Wildman–Crippen LogP) is 7.25. The Morgan fingerprint density at radius 2 is 1.32 bits per heavy atom. The Labute approximate surface area is 238 Å². The molecular weight excluding hydrogens is 516 g/mol. The SMILES string of the molecule is CC1(C)C[C@@](C)(c2ccccc2)c2cccc3c2N1C(=O)[C@@]31SCC(=O)N1c1ccc(Oc2ccccc2)cc1. The maximum absolute atomic E-state index is 14.7. The largest absolute Gasteiger partial charge is 0.457 e. The van der Waals surface area contributed by atoms with Crippen LogP contribution in [0.25, 0.3) is 0 Å². The highest BCUT2D eigenvalue weighted by Gasteiger charge is 2.65. The zero-order valence-electron chi connectivity index (χ0n) is 22.8. The highest BCUT2D eigenvalue weighted by molar-refractivity contribution is 8.02. The van der Waals surface area contributed by atoms with Crippen LogP contribution < -0.4 is 14.5 Å². The molecule has 40 heavy (non-hydrogen) atoms. The van der Waals surface area contributed by atoms with Gasteiger partial charge in [0, 0.05) is 22.2 Å². The number of carbonyl (C=O) groups is 2. The molecule has 0 aromatic heterocycles. The van der Waals surface area contributed by atoms with E-state index in [4.69, 9.17) is 4.74 Å². The minimum Gasteiger partial charge on any atom is -0.457 e. The van der Waals surface area contributed by atoms with Crippen molar-refractivity contribution in [3.63, 3.8) is 0 Å². The second-order valence-electron chi connectivity index (χ2n) is 11.6. The fraction of sp³-hybridized carbons (Fsp3) is 0.235. The molecule has 2 amide bonds. The number of ether oxygens (including phenoxy) is 1. The van der Waals surface area contributed by atoms with Crippen molar-refractivity contribution in [3.05, 3.63) is 120 Å². The lowest BCUT2D eigenvalue weighted by atomic mass is 9.65. The van der Waals surface area contributed by atoms with Crippen LogP contribution in [0.2, 0.25) is 0 Å². The van der Waals surface area contributed by atoms with Gasteiger partial charge in [0.05, 0.1) is 11.4 Å². The summed E-state index contributed by atoms with van der Waals surface area (Å²) in [5, 5.41) is 0. The smallest absolute Gasteiger partial charge is 0.269 e. The number of amides is 2. The van der Waals surface area contributed by atoms with Gasteiger partial charge in [-0.2, -0.15) is 0 Å².